The standard InChI is InChI=1S/C6H8N2O/c7-4-8-6(9)5-2-1-3-5/h5H,1-3H2,(H,8,9). The number of nitrogens with zero attached hydrogens (tertiary/aromatic N) is 1. The predicted molar refractivity (Wildman–Crippen MR) is 31.1 cm³/mol. The first kappa shape index (κ1) is 6.09. The topological polar surface area (TPSA) is 52.9 Å². The molecular weight excluding hydrogens is 116 g/mol. The van der Waals surface area contributed by atoms with Crippen LogP contribution in [0.25, 0.3) is 0 Å². The zero-order chi connectivity index (χ0) is 6.69. The van der Waals surface area contributed by atoms with Crippen LogP contribution in [-0.4, -0.2) is 5.91 Å². The van der Waals surface area contributed by atoms with Crippen LogP contribution in [0.3, 0.4) is 0 Å². The van der Waals surface area contributed by atoms with E-state index in [4.69, 9.17) is 5.26 Å². The van der Waals surface area contributed by atoms with Gasteiger partial charge in [0.05, 0.1) is 0 Å². The van der Waals surface area contributed by atoms with Crippen molar-refractivity contribution in [2.24, 2.45) is 5.92 Å². The molecule has 1 aliphatic carbocycles. The lowest BCUT2D eigenvalue weighted by molar-refractivity contribution is -0.126. The molecule has 0 aromatic rings. The average Bonchev–Trinajstić information content (AvgIpc) is 1.60. The Morgan fingerprint density at radius 1 is 1.67 bits per heavy atom. The van der Waals surface area contributed by atoms with E-state index >= 15 is 0 Å². The molecular formula is C6H8N2O. The monoisotopic (exact) mass is 124 g/mol. The Morgan fingerprint density at radius 2 is 2.33 bits per heavy atom. The van der Waals surface area contributed by atoms with Crippen LogP contribution >= 0.6 is 0 Å². The predicted octanol–water partition coefficient (Wildman–Crippen LogP) is 0.384. The van der Waals surface area contributed by atoms with Crippen molar-refractivity contribution in [3.05, 3.63) is 0 Å². The Balaban J connectivity index is 2.26. The van der Waals surface area contributed by atoms with Crippen LogP contribution in [0.1, 0.15) is 19.3 Å². The first-order chi connectivity index (χ1) is 4.34. The van der Waals surface area contributed by atoms with Gasteiger partial charge in [-0.2, -0.15) is 5.26 Å². The van der Waals surface area contributed by atoms with Crippen molar-refractivity contribution >= 4 is 5.91 Å². The lowest BCUT2D eigenvalue weighted by Gasteiger charge is -2.21. The van der Waals surface area contributed by atoms with Crippen LogP contribution in [0, 0.1) is 17.4 Å². The molecule has 0 aromatic heterocycles. The molecule has 1 saturated carbocycles. The highest BCUT2D eigenvalue weighted by Crippen LogP contribution is 2.25. The van der Waals surface area contributed by atoms with Crippen molar-refractivity contribution < 1.29 is 4.79 Å². The Labute approximate surface area is 53.7 Å². The van der Waals surface area contributed by atoms with E-state index in [1.165, 1.54) is 0 Å². The summed E-state index contributed by atoms with van der Waals surface area (Å²) in [5.74, 6) is 0.0217. The zero-order valence-corrected chi connectivity index (χ0v) is 5.05. The third-order valence-corrected chi connectivity index (χ3v) is 1.66. The van der Waals surface area contributed by atoms with Gasteiger partial charge in [0.1, 0.15) is 0 Å². The summed E-state index contributed by atoms with van der Waals surface area (Å²) in [5, 5.41) is 10.1. The molecule has 1 rings (SSSR count). The number of amides is 1. The fourth-order valence-electron chi connectivity index (χ4n) is 0.828. The number of rotatable bonds is 1. The summed E-state index contributed by atoms with van der Waals surface area (Å²) >= 11 is 0. The summed E-state index contributed by atoms with van der Waals surface area (Å²) in [7, 11) is 0. The normalized spacial score (nSPS) is 17.7. The molecule has 1 N–H and O–H groups in total. The number of nitriles is 1. The fraction of sp³-hybridized carbons (Fsp3) is 0.667. The van der Waals surface area contributed by atoms with Gasteiger partial charge in [-0.25, -0.2) is 0 Å². The van der Waals surface area contributed by atoms with Gasteiger partial charge in [0.2, 0.25) is 5.91 Å². The molecule has 0 aliphatic heterocycles. The number of hydrogen-bond acceptors (Lipinski definition) is 2. The maximum Gasteiger partial charge on any atom is 0.236 e. The molecule has 1 fully saturated rings. The van der Waals surface area contributed by atoms with Crippen molar-refractivity contribution in [3.8, 4) is 6.19 Å². The maximum atomic E-state index is 10.7. The molecule has 1 amide bonds. The van der Waals surface area contributed by atoms with Gasteiger partial charge in [-0.05, 0) is 12.8 Å². The van der Waals surface area contributed by atoms with Crippen LogP contribution in [0.2, 0.25) is 0 Å². The number of carbonyl (C=O) groups excluding carboxylic acids is 1. The molecule has 0 unspecified atom stereocenters. The van der Waals surface area contributed by atoms with Crippen LogP contribution in [0.15, 0.2) is 0 Å². The van der Waals surface area contributed by atoms with Gasteiger partial charge in [0.15, 0.2) is 6.19 Å². The summed E-state index contributed by atoms with van der Waals surface area (Å²) in [6.45, 7) is 0. The van der Waals surface area contributed by atoms with Crippen molar-refractivity contribution in [1.82, 2.24) is 5.32 Å². The average molecular weight is 124 g/mol. The highest BCUT2D eigenvalue weighted by atomic mass is 16.1. The quantitative estimate of drug-likeness (QED) is 0.406. The molecule has 1 aliphatic rings. The van der Waals surface area contributed by atoms with Crippen molar-refractivity contribution in [1.29, 1.82) is 5.26 Å². The molecule has 0 saturated heterocycles. The van der Waals surface area contributed by atoms with Gasteiger partial charge >= 0.3 is 0 Å². The third-order valence-electron chi connectivity index (χ3n) is 1.66. The Bertz CT molecular complexity index is 155. The zero-order valence-electron chi connectivity index (χ0n) is 5.05. The second kappa shape index (κ2) is 2.49. The first-order valence-corrected chi connectivity index (χ1v) is 3.03. The minimum absolute atomic E-state index is 0.108. The van der Waals surface area contributed by atoms with E-state index in [0.29, 0.717) is 0 Å². The Morgan fingerprint density at radius 3 is 2.67 bits per heavy atom. The van der Waals surface area contributed by atoms with E-state index in [0.717, 1.165) is 19.3 Å². The smallest absolute Gasteiger partial charge is 0.236 e. The summed E-state index contributed by atoms with van der Waals surface area (Å²) in [4.78, 5) is 10.7. The molecule has 0 heterocycles. The fourth-order valence-corrected chi connectivity index (χ4v) is 0.828. The summed E-state index contributed by atoms with van der Waals surface area (Å²) in [5.41, 5.74) is 0. The molecule has 0 atom stereocenters. The summed E-state index contributed by atoms with van der Waals surface area (Å²) < 4.78 is 0. The molecule has 9 heavy (non-hydrogen) atoms. The molecule has 48 valence electrons. The van der Waals surface area contributed by atoms with Gasteiger partial charge in [-0.3, -0.25) is 10.1 Å². The van der Waals surface area contributed by atoms with Crippen molar-refractivity contribution in [2.75, 3.05) is 0 Å². The third kappa shape index (κ3) is 1.20. The van der Waals surface area contributed by atoms with Crippen LogP contribution < -0.4 is 5.32 Å². The number of carbonyl (C=O) groups is 1. The molecule has 0 bridgehead atoms. The first-order valence-electron chi connectivity index (χ1n) is 3.03. The van der Waals surface area contributed by atoms with E-state index < -0.39 is 0 Å². The van der Waals surface area contributed by atoms with Gasteiger partial charge in [-0.15, -0.1) is 0 Å². The minimum atomic E-state index is -0.108. The maximum absolute atomic E-state index is 10.7. The second-order valence-corrected chi connectivity index (χ2v) is 2.23. The van der Waals surface area contributed by atoms with E-state index in [-0.39, 0.29) is 11.8 Å². The SMILES string of the molecule is N#CNC(=O)C1CCC1. The van der Waals surface area contributed by atoms with E-state index in [1.54, 1.807) is 6.19 Å². The number of hydrogen-bond donors (Lipinski definition) is 1. The summed E-state index contributed by atoms with van der Waals surface area (Å²) in [6.07, 6.45) is 4.65. The van der Waals surface area contributed by atoms with E-state index in [9.17, 15) is 4.79 Å². The molecule has 3 heteroatoms. The van der Waals surface area contributed by atoms with Gasteiger partial charge in [-0.1, -0.05) is 6.42 Å². The van der Waals surface area contributed by atoms with Gasteiger partial charge in [0, 0.05) is 5.92 Å². The lowest BCUT2D eigenvalue weighted by atomic mass is 9.85. The highest BCUT2D eigenvalue weighted by Gasteiger charge is 2.24. The molecule has 0 spiro atoms. The van der Waals surface area contributed by atoms with Gasteiger partial charge in [0.25, 0.3) is 0 Å². The largest absolute Gasteiger partial charge is 0.274 e. The van der Waals surface area contributed by atoms with Gasteiger partial charge < -0.3 is 0 Å². The van der Waals surface area contributed by atoms with Crippen LogP contribution in [-0.2, 0) is 4.79 Å². The minimum Gasteiger partial charge on any atom is -0.274 e. The summed E-state index contributed by atoms with van der Waals surface area (Å²) in [6, 6.07) is 0. The highest BCUT2D eigenvalue weighted by molar-refractivity contribution is 5.80. The molecule has 0 radical (unpaired) electrons. The van der Waals surface area contributed by atoms with Crippen molar-refractivity contribution in [2.45, 2.75) is 19.3 Å². The van der Waals surface area contributed by atoms with Crippen molar-refractivity contribution in [3.63, 3.8) is 0 Å². The van der Waals surface area contributed by atoms with E-state index in [2.05, 4.69) is 5.32 Å². The number of nitrogens with one attached hydrogen (secondary N) is 1. The Kier molecular flexibility index (Phi) is 1.69. The molecule has 3 nitrogen and oxygen atoms in total. The second-order valence-electron chi connectivity index (χ2n) is 2.23. The lowest BCUT2D eigenvalue weighted by Crippen LogP contribution is -2.31. The Hall–Kier alpha value is -1.04. The van der Waals surface area contributed by atoms with Crippen LogP contribution in [0.4, 0.5) is 0 Å². The molecule has 0 aromatic carbocycles. The van der Waals surface area contributed by atoms with E-state index in [1.807, 2.05) is 0 Å². The van der Waals surface area contributed by atoms with Crippen LogP contribution in [0.5, 0.6) is 0 Å².